The van der Waals surface area contributed by atoms with Crippen molar-refractivity contribution in [1.29, 1.82) is 0 Å². The summed E-state index contributed by atoms with van der Waals surface area (Å²) in [6, 6.07) is 16.6. The van der Waals surface area contributed by atoms with Gasteiger partial charge in [0.1, 0.15) is 12.6 Å². The van der Waals surface area contributed by atoms with Gasteiger partial charge in [0.2, 0.25) is 11.8 Å². The largest absolute Gasteiger partial charge is 0.357 e. The molecule has 0 heterocycles. The molecule has 0 aliphatic carbocycles. The van der Waals surface area contributed by atoms with Crippen LogP contribution in [0.3, 0.4) is 0 Å². The number of nitrogens with one attached hydrogen (secondary N) is 1. The molecule has 11 heteroatoms. The number of sulfonamides is 1. The molecule has 202 valence electrons. The van der Waals surface area contributed by atoms with Gasteiger partial charge in [-0.3, -0.25) is 13.9 Å². The number of halogens is 3. The summed E-state index contributed by atoms with van der Waals surface area (Å²) in [5.41, 5.74) is 1.77. The fourth-order valence-electron chi connectivity index (χ4n) is 3.97. The lowest BCUT2D eigenvalue weighted by Crippen LogP contribution is -2.51. The number of hydrogen-bond acceptors (Lipinski definition) is 4. The Morgan fingerprint density at radius 1 is 0.947 bits per heavy atom. The van der Waals surface area contributed by atoms with E-state index in [9.17, 15) is 18.0 Å². The number of anilines is 1. The van der Waals surface area contributed by atoms with Crippen LogP contribution in [0.4, 0.5) is 5.69 Å². The molecule has 3 aromatic carbocycles. The first-order valence-electron chi connectivity index (χ1n) is 11.8. The molecule has 0 radical (unpaired) electrons. The molecule has 7 nitrogen and oxygen atoms in total. The third-order valence-electron chi connectivity index (χ3n) is 5.94. The van der Waals surface area contributed by atoms with Crippen molar-refractivity contribution in [1.82, 2.24) is 10.2 Å². The molecule has 0 saturated heterocycles. The van der Waals surface area contributed by atoms with Crippen LogP contribution in [-0.4, -0.2) is 44.8 Å². The van der Waals surface area contributed by atoms with Crippen LogP contribution in [0.25, 0.3) is 0 Å². The molecule has 0 fully saturated rings. The summed E-state index contributed by atoms with van der Waals surface area (Å²) in [4.78, 5) is 28.0. The third-order valence-corrected chi connectivity index (χ3v) is 8.72. The fourth-order valence-corrected chi connectivity index (χ4v) is 5.82. The van der Waals surface area contributed by atoms with Crippen LogP contribution >= 0.6 is 34.8 Å². The minimum absolute atomic E-state index is 0.0182. The normalized spacial score (nSPS) is 12.1. The first-order chi connectivity index (χ1) is 18.0. The topological polar surface area (TPSA) is 86.8 Å². The number of benzene rings is 3. The average molecular weight is 597 g/mol. The summed E-state index contributed by atoms with van der Waals surface area (Å²) < 4.78 is 28.6. The lowest BCUT2D eigenvalue weighted by molar-refractivity contribution is -0.140. The minimum atomic E-state index is -4.17. The Bertz CT molecular complexity index is 1420. The Morgan fingerprint density at radius 3 is 2.21 bits per heavy atom. The van der Waals surface area contributed by atoms with E-state index in [2.05, 4.69) is 5.32 Å². The lowest BCUT2D eigenvalue weighted by Gasteiger charge is -2.33. The maximum atomic E-state index is 13.9. The molecule has 0 bridgehead atoms. The van der Waals surface area contributed by atoms with E-state index in [1.54, 1.807) is 43.3 Å². The Kier molecular flexibility index (Phi) is 10.1. The van der Waals surface area contributed by atoms with Crippen LogP contribution in [0.2, 0.25) is 15.1 Å². The number of aryl methyl sites for hydroxylation is 1. The molecule has 2 amide bonds. The summed E-state index contributed by atoms with van der Waals surface area (Å²) in [6.07, 6.45) is 0.307. The molecule has 0 aliphatic rings. The van der Waals surface area contributed by atoms with Crippen molar-refractivity contribution in [3.05, 3.63) is 92.9 Å². The van der Waals surface area contributed by atoms with Gasteiger partial charge in [0.15, 0.2) is 0 Å². The van der Waals surface area contributed by atoms with Crippen molar-refractivity contribution in [2.45, 2.75) is 37.8 Å². The van der Waals surface area contributed by atoms with E-state index in [0.717, 1.165) is 9.87 Å². The average Bonchev–Trinajstić information content (AvgIpc) is 2.89. The molecule has 0 aliphatic heterocycles. The van der Waals surface area contributed by atoms with E-state index < -0.39 is 28.5 Å². The van der Waals surface area contributed by atoms with Crippen molar-refractivity contribution in [2.24, 2.45) is 0 Å². The first kappa shape index (κ1) is 29.8. The van der Waals surface area contributed by atoms with E-state index in [-0.39, 0.29) is 17.3 Å². The Labute approximate surface area is 238 Å². The molecule has 1 N–H and O–H groups in total. The van der Waals surface area contributed by atoms with Gasteiger partial charge in [-0.25, -0.2) is 8.42 Å². The highest BCUT2D eigenvalue weighted by Crippen LogP contribution is 2.27. The predicted octanol–water partition coefficient (Wildman–Crippen LogP) is 5.70. The second-order valence-corrected chi connectivity index (χ2v) is 11.7. The zero-order valence-corrected chi connectivity index (χ0v) is 24.2. The van der Waals surface area contributed by atoms with Crippen LogP contribution in [0.15, 0.2) is 71.6 Å². The van der Waals surface area contributed by atoms with E-state index in [0.29, 0.717) is 32.7 Å². The van der Waals surface area contributed by atoms with Crippen molar-refractivity contribution in [3.63, 3.8) is 0 Å². The summed E-state index contributed by atoms with van der Waals surface area (Å²) in [7, 11) is -2.69. The highest BCUT2D eigenvalue weighted by atomic mass is 35.5. The Balaban J connectivity index is 2.07. The van der Waals surface area contributed by atoms with Crippen LogP contribution < -0.4 is 9.62 Å². The van der Waals surface area contributed by atoms with Gasteiger partial charge in [-0.1, -0.05) is 59.9 Å². The van der Waals surface area contributed by atoms with Crippen molar-refractivity contribution in [2.75, 3.05) is 17.9 Å². The third kappa shape index (κ3) is 6.99. The fraction of sp³-hybridized carbons (Fsp3) is 0.259. The van der Waals surface area contributed by atoms with Gasteiger partial charge < -0.3 is 10.2 Å². The second kappa shape index (κ2) is 12.8. The maximum absolute atomic E-state index is 13.9. The Morgan fingerprint density at radius 2 is 1.63 bits per heavy atom. The predicted molar refractivity (Wildman–Crippen MR) is 152 cm³/mol. The quantitative estimate of drug-likeness (QED) is 0.325. The lowest BCUT2D eigenvalue weighted by atomic mass is 10.1. The summed E-state index contributed by atoms with van der Waals surface area (Å²) in [5, 5.41) is 3.62. The minimum Gasteiger partial charge on any atom is -0.357 e. The molecule has 0 spiro atoms. The van der Waals surface area contributed by atoms with E-state index in [1.807, 2.05) is 13.0 Å². The molecule has 0 saturated carbocycles. The number of carbonyl (C=O) groups is 2. The molecule has 38 heavy (non-hydrogen) atoms. The first-order valence-corrected chi connectivity index (χ1v) is 14.3. The highest BCUT2D eigenvalue weighted by molar-refractivity contribution is 7.92. The number of likely N-dealkylation sites (N-methyl/N-ethyl adjacent to an activating group) is 1. The number of rotatable bonds is 10. The van der Waals surface area contributed by atoms with Gasteiger partial charge in [0.05, 0.1) is 20.6 Å². The summed E-state index contributed by atoms with van der Waals surface area (Å²) >= 11 is 18.2. The van der Waals surface area contributed by atoms with Gasteiger partial charge in [0, 0.05) is 18.6 Å². The van der Waals surface area contributed by atoms with Crippen LogP contribution in [0, 0.1) is 6.92 Å². The van der Waals surface area contributed by atoms with Gasteiger partial charge >= 0.3 is 0 Å². The zero-order valence-electron chi connectivity index (χ0n) is 21.1. The standard InChI is InChI=1S/C27H28Cl3N3O4S/c1-4-25(27(35)31-3)32(16-19-8-13-23(29)24(30)15-19)26(34)17-33(21-7-5-6-18(2)14-21)38(36,37)22-11-9-20(28)10-12-22/h5-15,25H,4,16-17H2,1-3H3,(H,31,35)/t25-/m1/s1. The molecule has 0 unspecified atom stereocenters. The molecule has 3 aromatic rings. The van der Waals surface area contributed by atoms with E-state index >= 15 is 0 Å². The number of carbonyl (C=O) groups excluding carboxylic acids is 2. The van der Waals surface area contributed by atoms with Gasteiger partial charge in [0.25, 0.3) is 10.0 Å². The van der Waals surface area contributed by atoms with Gasteiger partial charge in [-0.2, -0.15) is 0 Å². The van der Waals surface area contributed by atoms with Crippen LogP contribution in [-0.2, 0) is 26.2 Å². The number of hydrogen-bond donors (Lipinski definition) is 1. The number of amides is 2. The van der Waals surface area contributed by atoms with Crippen molar-refractivity contribution >= 4 is 62.3 Å². The molecule has 1 atom stereocenters. The van der Waals surface area contributed by atoms with Crippen molar-refractivity contribution in [3.8, 4) is 0 Å². The highest BCUT2D eigenvalue weighted by Gasteiger charge is 2.33. The monoisotopic (exact) mass is 595 g/mol. The smallest absolute Gasteiger partial charge is 0.264 e. The molecule has 3 rings (SSSR count). The van der Waals surface area contributed by atoms with Gasteiger partial charge in [-0.15, -0.1) is 0 Å². The zero-order chi connectivity index (χ0) is 28.0. The second-order valence-electron chi connectivity index (χ2n) is 8.61. The van der Waals surface area contributed by atoms with Crippen LogP contribution in [0.1, 0.15) is 24.5 Å². The number of nitrogens with zero attached hydrogens (tertiary/aromatic N) is 2. The SMILES string of the molecule is CC[C@H](C(=O)NC)N(Cc1ccc(Cl)c(Cl)c1)C(=O)CN(c1cccc(C)c1)S(=O)(=O)c1ccc(Cl)cc1. The van der Waals surface area contributed by atoms with E-state index in [1.165, 1.54) is 36.2 Å². The molecular weight excluding hydrogens is 569 g/mol. The molecular formula is C27H28Cl3N3O4S. The molecule has 0 aromatic heterocycles. The van der Waals surface area contributed by atoms with E-state index in [4.69, 9.17) is 34.8 Å². The maximum Gasteiger partial charge on any atom is 0.264 e. The summed E-state index contributed by atoms with van der Waals surface area (Å²) in [5.74, 6) is -0.936. The van der Waals surface area contributed by atoms with Crippen LogP contribution in [0.5, 0.6) is 0 Å². The van der Waals surface area contributed by atoms with Gasteiger partial charge in [-0.05, 0) is 73.0 Å². The van der Waals surface area contributed by atoms with Crippen molar-refractivity contribution < 1.29 is 18.0 Å². The Hall–Kier alpha value is -2.78. The summed E-state index contributed by atoms with van der Waals surface area (Å²) in [6.45, 7) is 3.08.